The highest BCUT2D eigenvalue weighted by molar-refractivity contribution is 6.46. The standard InChI is InChI=1S/C31H23FN2O5/c1-38-26-17-14-22(28(19-26)39-20-21-12-15-23(32)16-13-21)18-27-29(35)33(24-8-4-2-5-9-24)31(37)34(30(27)36)25-10-6-3-7-11-25/h2-19H,20H2,1H3. The third-order valence-electron chi connectivity index (χ3n) is 6.11. The minimum Gasteiger partial charge on any atom is -0.497 e. The van der Waals surface area contributed by atoms with E-state index in [0.29, 0.717) is 28.4 Å². The van der Waals surface area contributed by atoms with Gasteiger partial charge in [-0.25, -0.2) is 19.0 Å². The number of halogens is 1. The number of para-hydroxylation sites is 2. The van der Waals surface area contributed by atoms with Crippen LogP contribution < -0.4 is 19.3 Å². The van der Waals surface area contributed by atoms with Gasteiger partial charge in [-0.1, -0.05) is 48.5 Å². The van der Waals surface area contributed by atoms with Crippen LogP contribution in [0.2, 0.25) is 0 Å². The van der Waals surface area contributed by atoms with Gasteiger partial charge >= 0.3 is 6.03 Å². The minimum absolute atomic E-state index is 0.107. The Morgan fingerprint density at radius 3 is 1.85 bits per heavy atom. The van der Waals surface area contributed by atoms with Crippen LogP contribution in [0.15, 0.2) is 109 Å². The van der Waals surface area contributed by atoms with Crippen LogP contribution in [0.4, 0.5) is 20.6 Å². The Morgan fingerprint density at radius 1 is 0.744 bits per heavy atom. The summed E-state index contributed by atoms with van der Waals surface area (Å²) in [5.74, 6) is -1.05. The SMILES string of the molecule is COc1ccc(C=C2C(=O)N(c3ccccc3)C(=O)N(c3ccccc3)C2=O)c(OCc2ccc(F)cc2)c1. The highest BCUT2D eigenvalue weighted by Crippen LogP contribution is 2.32. The van der Waals surface area contributed by atoms with Crippen molar-refractivity contribution in [1.29, 1.82) is 0 Å². The molecule has 1 aliphatic rings. The molecular formula is C31H23FN2O5. The lowest BCUT2D eigenvalue weighted by molar-refractivity contribution is -0.121. The van der Waals surface area contributed by atoms with Crippen molar-refractivity contribution in [2.24, 2.45) is 0 Å². The van der Waals surface area contributed by atoms with Crippen molar-refractivity contribution in [3.05, 3.63) is 126 Å². The maximum Gasteiger partial charge on any atom is 0.343 e. The summed E-state index contributed by atoms with van der Waals surface area (Å²) in [4.78, 5) is 42.8. The van der Waals surface area contributed by atoms with Crippen LogP contribution in [0.25, 0.3) is 6.08 Å². The molecule has 0 bridgehead atoms. The van der Waals surface area contributed by atoms with Gasteiger partial charge in [-0.05, 0) is 60.2 Å². The quantitative estimate of drug-likeness (QED) is 0.220. The number of carbonyl (C=O) groups is 3. The zero-order valence-electron chi connectivity index (χ0n) is 20.9. The topological polar surface area (TPSA) is 76.2 Å². The van der Waals surface area contributed by atoms with Crippen molar-refractivity contribution in [3.63, 3.8) is 0 Å². The summed E-state index contributed by atoms with van der Waals surface area (Å²) in [5, 5.41) is 0. The lowest BCUT2D eigenvalue weighted by Crippen LogP contribution is -2.57. The zero-order chi connectivity index (χ0) is 27.4. The molecule has 0 spiro atoms. The molecule has 4 amide bonds. The molecule has 0 radical (unpaired) electrons. The van der Waals surface area contributed by atoms with Crippen LogP contribution in [-0.2, 0) is 16.2 Å². The van der Waals surface area contributed by atoms with Crippen molar-refractivity contribution in [3.8, 4) is 11.5 Å². The monoisotopic (exact) mass is 522 g/mol. The number of nitrogens with zero attached hydrogens (tertiary/aromatic N) is 2. The molecule has 4 aromatic carbocycles. The van der Waals surface area contributed by atoms with Gasteiger partial charge in [-0.2, -0.15) is 0 Å². The molecule has 1 heterocycles. The number of barbiturate groups is 1. The Morgan fingerprint density at radius 2 is 1.31 bits per heavy atom. The van der Waals surface area contributed by atoms with Crippen LogP contribution in [-0.4, -0.2) is 25.0 Å². The van der Waals surface area contributed by atoms with E-state index in [-0.39, 0.29) is 18.0 Å². The van der Waals surface area contributed by atoms with Gasteiger partial charge < -0.3 is 9.47 Å². The van der Waals surface area contributed by atoms with Gasteiger partial charge in [-0.3, -0.25) is 9.59 Å². The van der Waals surface area contributed by atoms with Crippen molar-refractivity contribution < 1.29 is 28.2 Å². The number of benzene rings is 4. The molecule has 0 unspecified atom stereocenters. The molecule has 5 rings (SSSR count). The largest absolute Gasteiger partial charge is 0.497 e. The smallest absolute Gasteiger partial charge is 0.343 e. The van der Waals surface area contributed by atoms with Crippen LogP contribution >= 0.6 is 0 Å². The van der Waals surface area contributed by atoms with Crippen LogP contribution in [0.1, 0.15) is 11.1 Å². The van der Waals surface area contributed by atoms with E-state index >= 15 is 0 Å². The molecule has 0 aliphatic carbocycles. The molecule has 0 aromatic heterocycles. The molecule has 1 fully saturated rings. The van der Waals surface area contributed by atoms with Gasteiger partial charge in [0.25, 0.3) is 11.8 Å². The summed E-state index contributed by atoms with van der Waals surface area (Å²) in [5.41, 5.74) is 1.58. The second kappa shape index (κ2) is 11.0. The molecule has 1 aliphatic heterocycles. The summed E-state index contributed by atoms with van der Waals surface area (Å²) in [6, 6.07) is 26.9. The summed E-state index contributed by atoms with van der Waals surface area (Å²) in [6.45, 7) is 0.107. The van der Waals surface area contributed by atoms with E-state index in [1.807, 2.05) is 0 Å². The molecule has 0 saturated carbocycles. The number of ether oxygens (including phenoxy) is 2. The van der Waals surface area contributed by atoms with Crippen molar-refractivity contribution in [2.45, 2.75) is 6.61 Å². The molecular weight excluding hydrogens is 499 g/mol. The third kappa shape index (κ3) is 5.26. The number of carbonyl (C=O) groups excluding carboxylic acids is 3. The van der Waals surface area contributed by atoms with Gasteiger partial charge in [0, 0.05) is 11.6 Å². The Labute approximate surface area is 224 Å². The van der Waals surface area contributed by atoms with Crippen molar-refractivity contribution >= 4 is 35.3 Å². The van der Waals surface area contributed by atoms with Crippen LogP contribution in [0.5, 0.6) is 11.5 Å². The molecule has 8 heteroatoms. The van der Waals surface area contributed by atoms with E-state index in [1.165, 1.54) is 25.3 Å². The number of rotatable bonds is 7. The van der Waals surface area contributed by atoms with E-state index in [1.54, 1.807) is 91.0 Å². The normalized spacial score (nSPS) is 13.5. The van der Waals surface area contributed by atoms with Gasteiger partial charge in [0.2, 0.25) is 0 Å². The van der Waals surface area contributed by atoms with Crippen LogP contribution in [0, 0.1) is 5.82 Å². The number of hydrogen-bond donors (Lipinski definition) is 0. The first-order valence-electron chi connectivity index (χ1n) is 12.1. The number of anilines is 2. The Kier molecular flexibility index (Phi) is 7.18. The molecule has 4 aromatic rings. The average molecular weight is 523 g/mol. The summed E-state index contributed by atoms with van der Waals surface area (Å²) in [6.07, 6.45) is 1.41. The molecule has 39 heavy (non-hydrogen) atoms. The van der Waals surface area contributed by atoms with Crippen LogP contribution in [0.3, 0.4) is 0 Å². The minimum atomic E-state index is -0.776. The number of urea groups is 1. The lowest BCUT2D eigenvalue weighted by Gasteiger charge is -2.34. The van der Waals surface area contributed by atoms with Crippen molar-refractivity contribution in [1.82, 2.24) is 0 Å². The van der Waals surface area contributed by atoms with E-state index < -0.39 is 17.8 Å². The van der Waals surface area contributed by atoms with Crippen molar-refractivity contribution in [2.75, 3.05) is 16.9 Å². The molecule has 7 nitrogen and oxygen atoms in total. The van der Waals surface area contributed by atoms with Gasteiger partial charge in [-0.15, -0.1) is 0 Å². The fourth-order valence-corrected chi connectivity index (χ4v) is 4.12. The Bertz CT molecular complexity index is 1490. The molecule has 1 saturated heterocycles. The zero-order valence-corrected chi connectivity index (χ0v) is 20.9. The maximum atomic E-state index is 13.7. The fraction of sp³-hybridized carbons (Fsp3) is 0.0645. The third-order valence-corrected chi connectivity index (χ3v) is 6.11. The lowest BCUT2D eigenvalue weighted by atomic mass is 10.0. The van der Waals surface area contributed by atoms with E-state index in [9.17, 15) is 18.8 Å². The molecule has 194 valence electrons. The second-order valence-corrected chi connectivity index (χ2v) is 8.61. The number of methoxy groups -OCH3 is 1. The highest BCUT2D eigenvalue weighted by Gasteiger charge is 2.43. The number of amides is 4. The Balaban J connectivity index is 1.58. The Hall–Kier alpha value is -5.24. The highest BCUT2D eigenvalue weighted by atomic mass is 19.1. The maximum absolute atomic E-state index is 13.7. The first kappa shape index (κ1) is 25.4. The summed E-state index contributed by atoms with van der Waals surface area (Å²) >= 11 is 0. The van der Waals surface area contributed by atoms with Gasteiger partial charge in [0.1, 0.15) is 29.5 Å². The average Bonchev–Trinajstić information content (AvgIpc) is 2.96. The van der Waals surface area contributed by atoms with Gasteiger partial charge in [0.15, 0.2) is 0 Å². The van der Waals surface area contributed by atoms with E-state index in [0.717, 1.165) is 15.4 Å². The molecule has 0 N–H and O–H groups in total. The number of imide groups is 2. The number of hydrogen-bond acceptors (Lipinski definition) is 5. The predicted molar refractivity (Wildman–Crippen MR) is 145 cm³/mol. The van der Waals surface area contributed by atoms with E-state index in [2.05, 4.69) is 0 Å². The van der Waals surface area contributed by atoms with Gasteiger partial charge in [0.05, 0.1) is 18.5 Å². The summed E-state index contributed by atoms with van der Waals surface area (Å²) in [7, 11) is 1.51. The summed E-state index contributed by atoms with van der Waals surface area (Å²) < 4.78 is 24.6. The first-order chi connectivity index (χ1) is 19.0. The predicted octanol–water partition coefficient (Wildman–Crippen LogP) is 6.00. The second-order valence-electron chi connectivity index (χ2n) is 8.61. The van der Waals surface area contributed by atoms with E-state index in [4.69, 9.17) is 9.47 Å². The fourth-order valence-electron chi connectivity index (χ4n) is 4.12. The first-order valence-corrected chi connectivity index (χ1v) is 12.1. The molecule has 0 atom stereocenters.